The molecule has 0 aromatic heterocycles. The van der Waals surface area contributed by atoms with Crippen molar-refractivity contribution < 1.29 is 4.79 Å². The number of rotatable bonds is 4. The minimum atomic E-state index is 0.172. The summed E-state index contributed by atoms with van der Waals surface area (Å²) < 4.78 is 0. The van der Waals surface area contributed by atoms with E-state index in [1.54, 1.807) is 0 Å². The van der Waals surface area contributed by atoms with Gasteiger partial charge >= 0.3 is 0 Å². The second-order valence-electron chi connectivity index (χ2n) is 6.14. The topological polar surface area (TPSA) is 32.3 Å². The zero-order valence-corrected chi connectivity index (χ0v) is 12.1. The Morgan fingerprint density at radius 2 is 1.70 bits per heavy atom. The summed E-state index contributed by atoms with van der Waals surface area (Å²) in [7, 11) is 0. The first-order valence-corrected chi connectivity index (χ1v) is 7.96. The highest BCUT2D eigenvalue weighted by Gasteiger charge is 2.18. The van der Waals surface area contributed by atoms with Crippen molar-refractivity contribution in [3.63, 3.8) is 0 Å². The maximum absolute atomic E-state index is 12.0. The van der Waals surface area contributed by atoms with Crippen LogP contribution in [0.15, 0.2) is 24.3 Å². The minimum absolute atomic E-state index is 0.172. The molecule has 3 heteroatoms. The van der Waals surface area contributed by atoms with E-state index in [9.17, 15) is 4.79 Å². The smallest absolute Gasteiger partial charge is 0.224 e. The number of hydrogen-bond acceptors (Lipinski definition) is 2. The van der Waals surface area contributed by atoms with Crippen LogP contribution in [0.4, 0.5) is 11.4 Å². The van der Waals surface area contributed by atoms with Gasteiger partial charge in [-0.2, -0.15) is 0 Å². The number of carbonyl (C=O) groups excluding carboxylic acids is 1. The predicted molar refractivity (Wildman–Crippen MR) is 83.1 cm³/mol. The third kappa shape index (κ3) is 3.33. The fourth-order valence-corrected chi connectivity index (χ4v) is 3.42. The summed E-state index contributed by atoms with van der Waals surface area (Å²) in [6, 6.07) is 8.30. The molecule has 0 radical (unpaired) electrons. The fraction of sp³-hybridized carbons (Fsp3) is 0.588. The van der Waals surface area contributed by atoms with Gasteiger partial charge in [-0.25, -0.2) is 0 Å². The van der Waals surface area contributed by atoms with Gasteiger partial charge < -0.3 is 10.2 Å². The van der Waals surface area contributed by atoms with Crippen molar-refractivity contribution in [2.45, 2.75) is 44.9 Å². The van der Waals surface area contributed by atoms with Gasteiger partial charge in [0, 0.05) is 30.9 Å². The van der Waals surface area contributed by atoms with Crippen LogP contribution >= 0.6 is 0 Å². The molecule has 1 N–H and O–H groups in total. The van der Waals surface area contributed by atoms with Crippen molar-refractivity contribution >= 4 is 17.3 Å². The van der Waals surface area contributed by atoms with E-state index in [0.29, 0.717) is 12.3 Å². The van der Waals surface area contributed by atoms with Gasteiger partial charge in [0.25, 0.3) is 0 Å². The first-order valence-electron chi connectivity index (χ1n) is 7.96. The number of anilines is 2. The van der Waals surface area contributed by atoms with Crippen LogP contribution < -0.4 is 10.2 Å². The van der Waals surface area contributed by atoms with E-state index in [4.69, 9.17) is 0 Å². The zero-order chi connectivity index (χ0) is 13.8. The average molecular weight is 272 g/mol. The quantitative estimate of drug-likeness (QED) is 0.904. The summed E-state index contributed by atoms with van der Waals surface area (Å²) in [4.78, 5) is 14.4. The lowest BCUT2D eigenvalue weighted by Crippen LogP contribution is -2.18. The lowest BCUT2D eigenvalue weighted by atomic mass is 10.0. The van der Waals surface area contributed by atoms with E-state index in [0.717, 1.165) is 18.8 Å². The second-order valence-corrected chi connectivity index (χ2v) is 6.14. The molecule has 3 rings (SSSR count). The standard InChI is InChI=1S/C17H24N2O/c20-17(13-14-5-1-2-6-14)18-15-7-9-16(10-8-15)19-11-3-4-12-19/h7-10,14H,1-6,11-13H2,(H,18,20). The van der Waals surface area contributed by atoms with Gasteiger partial charge in [0.1, 0.15) is 0 Å². The highest BCUT2D eigenvalue weighted by Crippen LogP contribution is 2.28. The molecule has 1 aromatic rings. The highest BCUT2D eigenvalue weighted by molar-refractivity contribution is 5.91. The summed E-state index contributed by atoms with van der Waals surface area (Å²) in [5, 5.41) is 3.03. The number of benzene rings is 1. The molecule has 1 saturated carbocycles. The number of amides is 1. The van der Waals surface area contributed by atoms with E-state index < -0.39 is 0 Å². The van der Waals surface area contributed by atoms with E-state index in [1.165, 1.54) is 44.2 Å². The lowest BCUT2D eigenvalue weighted by molar-refractivity contribution is -0.117. The Hall–Kier alpha value is -1.51. The van der Waals surface area contributed by atoms with Crippen molar-refractivity contribution in [1.29, 1.82) is 0 Å². The molecular formula is C17H24N2O. The minimum Gasteiger partial charge on any atom is -0.372 e. The Kier molecular flexibility index (Phi) is 4.24. The van der Waals surface area contributed by atoms with Crippen LogP contribution in [0.1, 0.15) is 44.9 Å². The lowest BCUT2D eigenvalue weighted by Gasteiger charge is -2.18. The van der Waals surface area contributed by atoms with Gasteiger partial charge in [0.05, 0.1) is 0 Å². The predicted octanol–water partition coefficient (Wildman–Crippen LogP) is 3.81. The van der Waals surface area contributed by atoms with Crippen LogP contribution in [-0.4, -0.2) is 19.0 Å². The molecule has 1 aromatic carbocycles. The molecule has 1 amide bonds. The molecule has 0 spiro atoms. The Balaban J connectivity index is 1.53. The maximum Gasteiger partial charge on any atom is 0.224 e. The van der Waals surface area contributed by atoms with Crippen LogP contribution in [0, 0.1) is 5.92 Å². The molecule has 2 fully saturated rings. The maximum atomic E-state index is 12.0. The number of carbonyl (C=O) groups is 1. The van der Waals surface area contributed by atoms with E-state index in [1.807, 2.05) is 12.1 Å². The fourth-order valence-electron chi connectivity index (χ4n) is 3.42. The Morgan fingerprint density at radius 1 is 1.05 bits per heavy atom. The van der Waals surface area contributed by atoms with Gasteiger partial charge in [-0.1, -0.05) is 12.8 Å². The summed E-state index contributed by atoms with van der Waals surface area (Å²) in [5.74, 6) is 0.782. The molecular weight excluding hydrogens is 248 g/mol. The van der Waals surface area contributed by atoms with Crippen LogP contribution in [-0.2, 0) is 4.79 Å². The van der Waals surface area contributed by atoms with Crippen molar-refractivity contribution in [2.24, 2.45) is 5.92 Å². The van der Waals surface area contributed by atoms with E-state index >= 15 is 0 Å². The molecule has 1 saturated heterocycles. The van der Waals surface area contributed by atoms with Crippen LogP contribution in [0.5, 0.6) is 0 Å². The van der Waals surface area contributed by atoms with E-state index in [2.05, 4.69) is 22.3 Å². The highest BCUT2D eigenvalue weighted by atomic mass is 16.1. The summed E-state index contributed by atoms with van der Waals surface area (Å²) in [6.07, 6.45) is 8.31. The van der Waals surface area contributed by atoms with Crippen molar-refractivity contribution in [1.82, 2.24) is 0 Å². The third-order valence-electron chi connectivity index (χ3n) is 4.57. The summed E-state index contributed by atoms with van der Waals surface area (Å²) in [6.45, 7) is 2.32. The van der Waals surface area contributed by atoms with Crippen LogP contribution in [0.25, 0.3) is 0 Å². The average Bonchev–Trinajstić information content (AvgIpc) is 3.12. The summed E-state index contributed by atoms with van der Waals surface area (Å²) in [5.41, 5.74) is 2.20. The molecule has 3 nitrogen and oxygen atoms in total. The largest absolute Gasteiger partial charge is 0.372 e. The first kappa shape index (κ1) is 13.5. The monoisotopic (exact) mass is 272 g/mol. The van der Waals surface area contributed by atoms with Crippen molar-refractivity contribution in [2.75, 3.05) is 23.3 Å². The number of hydrogen-bond donors (Lipinski definition) is 1. The van der Waals surface area contributed by atoms with E-state index in [-0.39, 0.29) is 5.91 Å². The van der Waals surface area contributed by atoms with Crippen molar-refractivity contribution in [3.8, 4) is 0 Å². The third-order valence-corrected chi connectivity index (χ3v) is 4.57. The van der Waals surface area contributed by atoms with Gasteiger partial charge in [0.15, 0.2) is 0 Å². The Morgan fingerprint density at radius 3 is 2.35 bits per heavy atom. The zero-order valence-electron chi connectivity index (χ0n) is 12.1. The molecule has 0 atom stereocenters. The molecule has 0 unspecified atom stereocenters. The molecule has 1 aliphatic heterocycles. The SMILES string of the molecule is O=C(CC1CCCC1)Nc1ccc(N2CCCC2)cc1. The van der Waals surface area contributed by atoms with Crippen LogP contribution in [0.2, 0.25) is 0 Å². The summed E-state index contributed by atoms with van der Waals surface area (Å²) >= 11 is 0. The molecule has 0 bridgehead atoms. The van der Waals surface area contributed by atoms with Gasteiger partial charge in [-0.05, 0) is 55.9 Å². The number of nitrogens with zero attached hydrogens (tertiary/aromatic N) is 1. The molecule has 2 aliphatic rings. The molecule has 20 heavy (non-hydrogen) atoms. The van der Waals surface area contributed by atoms with Gasteiger partial charge in [0.2, 0.25) is 5.91 Å². The Labute approximate surface area is 121 Å². The molecule has 1 heterocycles. The first-order chi connectivity index (χ1) is 9.81. The van der Waals surface area contributed by atoms with Crippen LogP contribution in [0.3, 0.4) is 0 Å². The van der Waals surface area contributed by atoms with Gasteiger partial charge in [-0.15, -0.1) is 0 Å². The van der Waals surface area contributed by atoms with Gasteiger partial charge in [-0.3, -0.25) is 4.79 Å². The second kappa shape index (κ2) is 6.29. The molecule has 108 valence electrons. The normalized spacial score (nSPS) is 19.5. The van der Waals surface area contributed by atoms with Crippen molar-refractivity contribution in [3.05, 3.63) is 24.3 Å². The Bertz CT molecular complexity index is 443. The molecule has 1 aliphatic carbocycles. The number of nitrogens with one attached hydrogen (secondary N) is 1.